The lowest BCUT2D eigenvalue weighted by Gasteiger charge is -2.33. The van der Waals surface area contributed by atoms with E-state index in [-0.39, 0.29) is 37.4 Å². The highest BCUT2D eigenvalue weighted by Crippen LogP contribution is 2.18. The highest BCUT2D eigenvalue weighted by molar-refractivity contribution is 5.79. The second-order valence-electron chi connectivity index (χ2n) is 7.18. The molecule has 2 heterocycles. The first-order valence-electron chi connectivity index (χ1n) is 9.71. The van der Waals surface area contributed by atoms with Crippen molar-refractivity contribution in [2.45, 2.75) is 50.4 Å². The van der Waals surface area contributed by atoms with Crippen molar-refractivity contribution in [1.82, 2.24) is 10.2 Å². The summed E-state index contributed by atoms with van der Waals surface area (Å²) < 4.78 is 5.86. The van der Waals surface area contributed by atoms with Crippen LogP contribution in [0.25, 0.3) is 0 Å². The van der Waals surface area contributed by atoms with E-state index in [1.165, 1.54) is 6.42 Å². The van der Waals surface area contributed by atoms with Crippen LogP contribution in [0.4, 0.5) is 0 Å². The lowest BCUT2D eigenvalue weighted by molar-refractivity contribution is -0.137. The van der Waals surface area contributed by atoms with Crippen molar-refractivity contribution in [1.29, 1.82) is 0 Å². The number of likely N-dealkylation sites (tertiary alicyclic amines) is 1. The van der Waals surface area contributed by atoms with Gasteiger partial charge in [0.1, 0.15) is 6.10 Å². The molecule has 1 aromatic carbocycles. The minimum absolute atomic E-state index is 0.0904. The van der Waals surface area contributed by atoms with Crippen LogP contribution in [0.5, 0.6) is 0 Å². The largest absolute Gasteiger partial charge is 0.394 e. The van der Waals surface area contributed by atoms with Crippen molar-refractivity contribution in [3.8, 4) is 0 Å². The molecule has 0 aromatic heterocycles. The van der Waals surface area contributed by atoms with Gasteiger partial charge in [-0.05, 0) is 24.8 Å². The number of nitrogens with one attached hydrogen (secondary N) is 1. The average Bonchev–Trinajstić information content (AvgIpc) is 2.70. The molecule has 0 saturated carbocycles. The fourth-order valence-electron chi connectivity index (χ4n) is 3.60. The average molecular weight is 372 g/mol. The number of carbonyl (C=O) groups excluding carboxylic acids is 2. The fraction of sp³-hybridized carbons (Fsp3) is 0.524. The summed E-state index contributed by atoms with van der Waals surface area (Å²) in [4.78, 5) is 26.6. The van der Waals surface area contributed by atoms with Gasteiger partial charge < -0.3 is 20.1 Å². The lowest BCUT2D eigenvalue weighted by Crippen LogP contribution is -2.49. The first-order valence-corrected chi connectivity index (χ1v) is 9.71. The molecule has 1 aromatic rings. The number of nitrogens with zero attached hydrogens (tertiary/aromatic N) is 1. The molecule has 2 amide bonds. The molecule has 2 aliphatic heterocycles. The van der Waals surface area contributed by atoms with Crippen molar-refractivity contribution < 1.29 is 19.4 Å². The minimum Gasteiger partial charge on any atom is -0.394 e. The van der Waals surface area contributed by atoms with Crippen LogP contribution in [0.1, 0.15) is 31.2 Å². The van der Waals surface area contributed by atoms with Gasteiger partial charge in [-0.2, -0.15) is 0 Å². The summed E-state index contributed by atoms with van der Waals surface area (Å²) >= 11 is 0. The van der Waals surface area contributed by atoms with Crippen molar-refractivity contribution in [3.05, 3.63) is 48.0 Å². The molecule has 2 aliphatic rings. The molecule has 0 unspecified atom stereocenters. The van der Waals surface area contributed by atoms with E-state index in [0.717, 1.165) is 31.5 Å². The monoisotopic (exact) mass is 372 g/mol. The predicted octanol–water partition coefficient (Wildman–Crippen LogP) is 1.43. The molecule has 146 valence electrons. The molecule has 3 atom stereocenters. The normalized spacial score (nSPS) is 25.2. The van der Waals surface area contributed by atoms with E-state index in [2.05, 4.69) is 5.32 Å². The maximum Gasteiger partial charge on any atom is 0.225 e. The first-order chi connectivity index (χ1) is 13.2. The third-order valence-corrected chi connectivity index (χ3v) is 5.08. The van der Waals surface area contributed by atoms with Gasteiger partial charge in [0, 0.05) is 13.1 Å². The van der Waals surface area contributed by atoms with Crippen molar-refractivity contribution in [2.75, 3.05) is 19.7 Å². The maximum atomic E-state index is 12.4. The molecule has 6 nitrogen and oxygen atoms in total. The smallest absolute Gasteiger partial charge is 0.225 e. The number of aliphatic hydroxyl groups excluding tert-OH is 1. The Labute approximate surface area is 160 Å². The van der Waals surface area contributed by atoms with Crippen LogP contribution in [0, 0.1) is 0 Å². The van der Waals surface area contributed by atoms with Crippen LogP contribution in [0.3, 0.4) is 0 Å². The lowest BCUT2D eigenvalue weighted by atomic mass is 10.0. The van der Waals surface area contributed by atoms with Crippen LogP contribution in [0.2, 0.25) is 0 Å². The van der Waals surface area contributed by atoms with Crippen molar-refractivity contribution >= 4 is 11.8 Å². The Kier molecular flexibility index (Phi) is 7.01. The topological polar surface area (TPSA) is 78.9 Å². The molecule has 3 rings (SSSR count). The Morgan fingerprint density at radius 3 is 2.56 bits per heavy atom. The quantitative estimate of drug-likeness (QED) is 0.741. The van der Waals surface area contributed by atoms with Crippen LogP contribution in [0.15, 0.2) is 42.5 Å². The number of amides is 2. The number of carbonyl (C=O) groups is 2. The molecule has 0 spiro atoms. The first kappa shape index (κ1) is 19.6. The number of ether oxygens (including phenoxy) is 1. The molecule has 0 aliphatic carbocycles. The van der Waals surface area contributed by atoms with Gasteiger partial charge in [-0.3, -0.25) is 9.59 Å². The van der Waals surface area contributed by atoms with Gasteiger partial charge >= 0.3 is 0 Å². The molecule has 2 N–H and O–H groups in total. The Morgan fingerprint density at radius 1 is 1.11 bits per heavy atom. The second kappa shape index (κ2) is 9.67. The van der Waals surface area contributed by atoms with Crippen LogP contribution in [-0.4, -0.2) is 59.8 Å². The van der Waals surface area contributed by atoms with E-state index in [9.17, 15) is 14.7 Å². The predicted molar refractivity (Wildman–Crippen MR) is 102 cm³/mol. The standard InChI is InChI=1S/C21H28N2O4/c24-15-19-18(22-20(25)13-16-7-3-1-4-8-16)10-9-17(27-19)14-21(26)23-11-5-2-6-12-23/h1,3-4,7-10,17-19,24H,2,5-6,11-15H2,(H,22,25)/t17-,18+,19+/m1/s1. The molecular formula is C21H28N2O4. The fourth-order valence-corrected chi connectivity index (χ4v) is 3.60. The van der Waals surface area contributed by atoms with Gasteiger partial charge in [0.25, 0.3) is 0 Å². The molecule has 27 heavy (non-hydrogen) atoms. The maximum absolute atomic E-state index is 12.4. The van der Waals surface area contributed by atoms with Gasteiger partial charge in [-0.25, -0.2) is 0 Å². The van der Waals surface area contributed by atoms with Gasteiger partial charge in [-0.1, -0.05) is 42.5 Å². The molecule has 1 fully saturated rings. The SMILES string of the molecule is O=C(Cc1ccccc1)N[C@H]1C=C[C@H](CC(=O)N2CCCCC2)O[C@H]1CO. The minimum atomic E-state index is -0.547. The summed E-state index contributed by atoms with van der Waals surface area (Å²) in [7, 11) is 0. The number of hydrogen-bond donors (Lipinski definition) is 2. The van der Waals surface area contributed by atoms with E-state index in [1.54, 1.807) is 0 Å². The third kappa shape index (κ3) is 5.65. The highest BCUT2D eigenvalue weighted by atomic mass is 16.5. The van der Waals surface area contributed by atoms with Crippen LogP contribution in [-0.2, 0) is 20.7 Å². The van der Waals surface area contributed by atoms with Crippen LogP contribution >= 0.6 is 0 Å². The Morgan fingerprint density at radius 2 is 1.85 bits per heavy atom. The van der Waals surface area contributed by atoms with Crippen molar-refractivity contribution in [2.24, 2.45) is 0 Å². The Bertz CT molecular complexity index is 655. The van der Waals surface area contributed by atoms with E-state index >= 15 is 0 Å². The Hall–Kier alpha value is -2.18. The summed E-state index contributed by atoms with van der Waals surface area (Å²) in [5, 5.41) is 12.6. The van der Waals surface area contributed by atoms with E-state index in [4.69, 9.17) is 4.74 Å². The number of benzene rings is 1. The number of piperidine rings is 1. The zero-order valence-corrected chi connectivity index (χ0v) is 15.5. The summed E-state index contributed by atoms with van der Waals surface area (Å²) in [6.45, 7) is 1.42. The number of aliphatic hydroxyl groups is 1. The summed E-state index contributed by atoms with van der Waals surface area (Å²) in [5.74, 6) is -0.0339. The number of rotatable bonds is 6. The van der Waals surface area contributed by atoms with E-state index in [1.807, 2.05) is 47.4 Å². The van der Waals surface area contributed by atoms with E-state index < -0.39 is 12.1 Å². The molecular weight excluding hydrogens is 344 g/mol. The summed E-state index contributed by atoms with van der Waals surface area (Å²) in [5.41, 5.74) is 0.932. The van der Waals surface area contributed by atoms with Crippen molar-refractivity contribution in [3.63, 3.8) is 0 Å². The zero-order valence-electron chi connectivity index (χ0n) is 15.5. The highest BCUT2D eigenvalue weighted by Gasteiger charge is 2.30. The number of hydrogen-bond acceptors (Lipinski definition) is 4. The molecule has 0 bridgehead atoms. The van der Waals surface area contributed by atoms with Gasteiger partial charge in [0.15, 0.2) is 0 Å². The van der Waals surface area contributed by atoms with Crippen LogP contribution < -0.4 is 5.32 Å². The van der Waals surface area contributed by atoms with Gasteiger partial charge in [-0.15, -0.1) is 0 Å². The van der Waals surface area contributed by atoms with Gasteiger partial charge in [0.2, 0.25) is 11.8 Å². The molecule has 1 saturated heterocycles. The molecule has 6 heteroatoms. The Balaban J connectivity index is 1.52. The van der Waals surface area contributed by atoms with E-state index in [0.29, 0.717) is 0 Å². The van der Waals surface area contributed by atoms with Gasteiger partial charge in [0.05, 0.1) is 31.6 Å². The summed E-state index contributed by atoms with van der Waals surface area (Å²) in [6.07, 6.45) is 6.60. The molecule has 0 radical (unpaired) electrons. The second-order valence-corrected chi connectivity index (χ2v) is 7.18. The zero-order chi connectivity index (χ0) is 19.1. The third-order valence-electron chi connectivity index (χ3n) is 5.08. The summed E-state index contributed by atoms with van der Waals surface area (Å²) in [6, 6.07) is 9.11.